The van der Waals surface area contributed by atoms with Gasteiger partial charge in [0.05, 0.1) is 36.9 Å². The molecule has 4 heterocycles. The third-order valence-corrected chi connectivity index (χ3v) is 9.27. The Kier molecular flexibility index (Phi) is 6.17. The number of methoxy groups -OCH3 is 1. The lowest BCUT2D eigenvalue weighted by molar-refractivity contribution is -0.154. The zero-order valence-corrected chi connectivity index (χ0v) is 20.7. The molecule has 1 unspecified atom stereocenters. The van der Waals surface area contributed by atoms with Crippen LogP contribution in [0.25, 0.3) is 0 Å². The van der Waals surface area contributed by atoms with Gasteiger partial charge in [-0.2, -0.15) is 0 Å². The Morgan fingerprint density at radius 3 is 2.60 bits per heavy atom. The molecule has 4 aliphatic heterocycles. The van der Waals surface area contributed by atoms with E-state index in [-0.39, 0.29) is 25.0 Å². The molecule has 0 radical (unpaired) electrons. The Morgan fingerprint density at radius 2 is 1.89 bits per heavy atom. The van der Waals surface area contributed by atoms with Gasteiger partial charge < -0.3 is 24.4 Å². The van der Waals surface area contributed by atoms with Crippen LogP contribution in [0.3, 0.4) is 0 Å². The Morgan fingerprint density at radius 1 is 1.11 bits per heavy atom. The summed E-state index contributed by atoms with van der Waals surface area (Å²) in [5, 5.41) is 9.79. The smallest absolute Gasteiger partial charge is 0.311 e. The summed E-state index contributed by atoms with van der Waals surface area (Å²) in [6, 6.07) is 6.35. The number of anilines is 1. The van der Waals surface area contributed by atoms with Crippen LogP contribution >= 0.6 is 11.8 Å². The number of rotatable bonds is 4. The highest BCUT2D eigenvalue weighted by Crippen LogP contribution is 2.65. The number of hydrogen-bond donors (Lipinski definition) is 1. The summed E-state index contributed by atoms with van der Waals surface area (Å²) in [6.07, 6.45) is 9.45. The van der Waals surface area contributed by atoms with Crippen molar-refractivity contribution in [3.8, 4) is 5.75 Å². The van der Waals surface area contributed by atoms with Crippen LogP contribution in [0.1, 0.15) is 19.8 Å². The quantitative estimate of drug-likeness (QED) is 0.502. The molecule has 186 valence electrons. The number of likely N-dealkylation sites (tertiary alicyclic amines) is 1. The van der Waals surface area contributed by atoms with E-state index in [0.29, 0.717) is 24.6 Å². The predicted octanol–water partition coefficient (Wildman–Crippen LogP) is 2.17. The summed E-state index contributed by atoms with van der Waals surface area (Å²) >= 11 is 1.50. The standard InChI is InChI=1S/C26H30N2O6S/c1-25-11-4-3-5-16-34-24(32)20(25)19-22(30)28(14-15-29)21-23(31)27(13-6-12-26(19,21)35-25)17-7-9-18(33-2)10-8-17/h4,6-12,19-21,29H,3,5,13-16H2,1-2H3/b11-4-/t19-,20+,21?,25-,26-/m0/s1. The Hall–Kier alpha value is -2.78. The molecule has 0 aliphatic carbocycles. The molecule has 0 bridgehead atoms. The van der Waals surface area contributed by atoms with Gasteiger partial charge in [0.25, 0.3) is 5.91 Å². The number of esters is 1. The minimum atomic E-state index is -0.952. The minimum Gasteiger partial charge on any atom is -0.497 e. The molecule has 9 heteroatoms. The molecule has 2 amide bonds. The highest BCUT2D eigenvalue weighted by molar-refractivity contribution is 8.02. The van der Waals surface area contributed by atoms with Crippen molar-refractivity contribution in [2.75, 3.05) is 38.3 Å². The van der Waals surface area contributed by atoms with Crippen LogP contribution in [-0.4, -0.2) is 76.7 Å². The molecule has 35 heavy (non-hydrogen) atoms. The molecule has 2 fully saturated rings. The predicted molar refractivity (Wildman–Crippen MR) is 132 cm³/mol. The largest absolute Gasteiger partial charge is 0.497 e. The number of amides is 2. The average Bonchev–Trinajstić information content (AvgIpc) is 3.19. The number of aliphatic hydroxyl groups excluding tert-OH is 1. The highest BCUT2D eigenvalue weighted by atomic mass is 32.2. The minimum absolute atomic E-state index is 0.0205. The molecule has 8 nitrogen and oxygen atoms in total. The maximum absolute atomic E-state index is 14.2. The molecule has 1 aromatic carbocycles. The van der Waals surface area contributed by atoms with Gasteiger partial charge in [-0.25, -0.2) is 0 Å². The van der Waals surface area contributed by atoms with Gasteiger partial charge in [0.2, 0.25) is 5.91 Å². The van der Waals surface area contributed by atoms with Crippen LogP contribution in [0.4, 0.5) is 5.69 Å². The number of hydrogen-bond acceptors (Lipinski definition) is 7. The number of thioether (sulfide) groups is 1. The Labute approximate surface area is 208 Å². The Bertz CT molecular complexity index is 1090. The third kappa shape index (κ3) is 3.67. The second-order valence-corrected chi connectivity index (χ2v) is 11.3. The van der Waals surface area contributed by atoms with Crippen LogP contribution < -0.4 is 9.64 Å². The first kappa shape index (κ1) is 23.9. The molecule has 5 rings (SSSR count). The summed E-state index contributed by atoms with van der Waals surface area (Å²) in [4.78, 5) is 44.5. The van der Waals surface area contributed by atoms with Crippen molar-refractivity contribution >= 4 is 35.2 Å². The number of aliphatic hydroxyl groups is 1. The van der Waals surface area contributed by atoms with Crippen molar-refractivity contribution in [3.63, 3.8) is 0 Å². The molecule has 2 saturated heterocycles. The summed E-state index contributed by atoms with van der Waals surface area (Å²) < 4.78 is 9.19. The normalized spacial score (nSPS) is 35.3. The number of carbonyl (C=O) groups is 3. The van der Waals surface area contributed by atoms with Crippen molar-refractivity contribution in [1.82, 2.24) is 4.90 Å². The maximum atomic E-state index is 14.2. The zero-order chi connectivity index (χ0) is 24.8. The number of allylic oxidation sites excluding steroid dienone is 1. The summed E-state index contributed by atoms with van der Waals surface area (Å²) in [5.74, 6) is -1.74. The molecule has 0 aromatic heterocycles. The van der Waals surface area contributed by atoms with E-state index in [1.165, 1.54) is 16.7 Å². The fourth-order valence-corrected chi connectivity index (χ4v) is 8.13. The van der Waals surface area contributed by atoms with Crippen molar-refractivity contribution in [2.45, 2.75) is 35.3 Å². The average molecular weight is 499 g/mol. The number of ether oxygens (including phenoxy) is 2. The summed E-state index contributed by atoms with van der Waals surface area (Å²) in [7, 11) is 1.58. The monoisotopic (exact) mass is 498 g/mol. The van der Waals surface area contributed by atoms with Crippen molar-refractivity contribution in [2.24, 2.45) is 11.8 Å². The van der Waals surface area contributed by atoms with Crippen molar-refractivity contribution < 1.29 is 29.0 Å². The van der Waals surface area contributed by atoms with Crippen LogP contribution in [-0.2, 0) is 19.1 Å². The lowest BCUT2D eigenvalue weighted by Crippen LogP contribution is -2.54. The zero-order valence-electron chi connectivity index (χ0n) is 19.9. The van der Waals surface area contributed by atoms with Crippen LogP contribution in [0.2, 0.25) is 0 Å². The summed E-state index contributed by atoms with van der Waals surface area (Å²) in [6.45, 7) is 2.34. The van der Waals surface area contributed by atoms with Gasteiger partial charge in [0.1, 0.15) is 11.8 Å². The third-order valence-electron chi connectivity index (χ3n) is 7.48. The van der Waals surface area contributed by atoms with Gasteiger partial charge in [-0.3, -0.25) is 14.4 Å². The van der Waals surface area contributed by atoms with Gasteiger partial charge in [-0.15, -0.1) is 11.8 Å². The topological polar surface area (TPSA) is 96.4 Å². The number of nitrogens with zero attached hydrogens (tertiary/aromatic N) is 2. The number of fused-ring (bicyclic) bond motifs is 2. The fourth-order valence-electron chi connectivity index (χ4n) is 5.98. The van der Waals surface area contributed by atoms with Crippen LogP contribution in [0, 0.1) is 11.8 Å². The number of carbonyl (C=O) groups excluding carboxylic acids is 3. The van der Waals surface area contributed by atoms with Crippen molar-refractivity contribution in [1.29, 1.82) is 0 Å². The molecule has 1 spiro atoms. The highest BCUT2D eigenvalue weighted by Gasteiger charge is 2.73. The first-order valence-electron chi connectivity index (χ1n) is 12.0. The second-order valence-electron chi connectivity index (χ2n) is 9.51. The molecule has 1 N–H and O–H groups in total. The number of benzene rings is 1. The lowest BCUT2D eigenvalue weighted by atomic mass is 9.74. The Balaban J connectivity index is 1.62. The molecule has 1 aromatic rings. The molecular formula is C26H30N2O6S. The SMILES string of the molecule is COc1ccc(N2CC=C[C@]34S[C@@]5(C)/C=C\CCCOC(=O)[C@H]5[C@H]3C(=O)N(CCO)C4C2=O)cc1. The second kappa shape index (κ2) is 9.02. The molecule has 5 atom stereocenters. The fraction of sp³-hybridized carbons (Fsp3) is 0.500. The van der Waals surface area contributed by atoms with E-state index in [4.69, 9.17) is 9.47 Å². The van der Waals surface area contributed by atoms with E-state index in [1.807, 2.05) is 37.3 Å². The van der Waals surface area contributed by atoms with E-state index in [9.17, 15) is 19.5 Å². The first-order valence-corrected chi connectivity index (χ1v) is 12.8. The van der Waals surface area contributed by atoms with Gasteiger partial charge in [-0.05, 0) is 44.0 Å². The molecule has 0 saturated carbocycles. The lowest BCUT2D eigenvalue weighted by Gasteiger charge is -2.36. The van der Waals surface area contributed by atoms with E-state index in [1.54, 1.807) is 24.1 Å². The van der Waals surface area contributed by atoms with Gasteiger partial charge in [0, 0.05) is 23.5 Å². The number of cyclic esters (lactones) is 1. The van der Waals surface area contributed by atoms with E-state index < -0.39 is 33.3 Å². The molecule has 4 aliphatic rings. The van der Waals surface area contributed by atoms with Crippen LogP contribution in [0.5, 0.6) is 5.75 Å². The van der Waals surface area contributed by atoms with Gasteiger partial charge in [-0.1, -0.05) is 24.3 Å². The maximum Gasteiger partial charge on any atom is 0.311 e. The van der Waals surface area contributed by atoms with Gasteiger partial charge in [0.15, 0.2) is 0 Å². The molecular weight excluding hydrogens is 468 g/mol. The first-order chi connectivity index (χ1) is 16.9. The van der Waals surface area contributed by atoms with E-state index >= 15 is 0 Å². The summed E-state index contributed by atoms with van der Waals surface area (Å²) in [5.41, 5.74) is 0.688. The van der Waals surface area contributed by atoms with Crippen LogP contribution in [0.15, 0.2) is 48.6 Å². The van der Waals surface area contributed by atoms with E-state index in [0.717, 1.165) is 12.8 Å². The van der Waals surface area contributed by atoms with Crippen molar-refractivity contribution in [3.05, 3.63) is 48.6 Å². The van der Waals surface area contributed by atoms with E-state index in [2.05, 4.69) is 6.08 Å². The van der Waals surface area contributed by atoms with Gasteiger partial charge >= 0.3 is 5.97 Å². The number of β-amino-alcohol motifs (C(OH)–C–C–N with tert-alkyl or cyclic N) is 1.